The van der Waals surface area contributed by atoms with E-state index < -0.39 is 0 Å². The summed E-state index contributed by atoms with van der Waals surface area (Å²) in [7, 11) is 0. The molecular weight excluding hydrogens is 184 g/mol. The Labute approximate surface area is 89.0 Å². The van der Waals surface area contributed by atoms with Crippen molar-refractivity contribution < 1.29 is 4.79 Å². The highest BCUT2D eigenvalue weighted by molar-refractivity contribution is 5.92. The van der Waals surface area contributed by atoms with Crippen LogP contribution in [-0.2, 0) is 4.79 Å². The van der Waals surface area contributed by atoms with Crippen LogP contribution >= 0.6 is 0 Å². The van der Waals surface area contributed by atoms with E-state index >= 15 is 0 Å². The smallest absolute Gasteiger partial charge is 0.152 e. The first-order valence-electron chi connectivity index (χ1n) is 4.93. The first kappa shape index (κ1) is 9.66. The van der Waals surface area contributed by atoms with Crippen molar-refractivity contribution >= 4 is 22.6 Å². The SMILES string of the molecule is CC(=O)C=Cc1ccc2ccccc2c1. The van der Waals surface area contributed by atoms with Gasteiger partial charge in [0.05, 0.1) is 0 Å². The van der Waals surface area contributed by atoms with Crippen LogP contribution in [0.1, 0.15) is 12.5 Å². The predicted molar refractivity (Wildman–Crippen MR) is 63.7 cm³/mol. The number of hydrogen-bond donors (Lipinski definition) is 0. The standard InChI is InChI=1S/C14H12O/c1-11(15)6-7-12-8-9-13-4-2-3-5-14(13)10-12/h2-10H,1H3. The van der Waals surface area contributed by atoms with Crippen LogP contribution in [0.25, 0.3) is 16.8 Å². The van der Waals surface area contributed by atoms with Gasteiger partial charge >= 0.3 is 0 Å². The van der Waals surface area contributed by atoms with Crippen molar-refractivity contribution in [3.8, 4) is 0 Å². The number of hydrogen-bond acceptors (Lipinski definition) is 1. The van der Waals surface area contributed by atoms with Crippen molar-refractivity contribution in [3.63, 3.8) is 0 Å². The number of ketones is 1. The molecule has 0 radical (unpaired) electrons. The van der Waals surface area contributed by atoms with Crippen molar-refractivity contribution in [2.45, 2.75) is 6.92 Å². The zero-order valence-electron chi connectivity index (χ0n) is 8.60. The Hall–Kier alpha value is -1.89. The van der Waals surface area contributed by atoms with Crippen LogP contribution < -0.4 is 0 Å². The van der Waals surface area contributed by atoms with Crippen molar-refractivity contribution in [2.24, 2.45) is 0 Å². The van der Waals surface area contributed by atoms with E-state index in [1.165, 1.54) is 10.8 Å². The molecule has 0 N–H and O–H groups in total. The summed E-state index contributed by atoms with van der Waals surface area (Å²) in [6, 6.07) is 14.3. The van der Waals surface area contributed by atoms with Gasteiger partial charge in [-0.15, -0.1) is 0 Å². The highest BCUT2D eigenvalue weighted by Gasteiger charge is 1.92. The van der Waals surface area contributed by atoms with Crippen molar-refractivity contribution in [3.05, 3.63) is 54.1 Å². The molecule has 0 aliphatic carbocycles. The molecule has 0 unspecified atom stereocenters. The Balaban J connectivity index is 2.43. The molecule has 0 spiro atoms. The average Bonchev–Trinajstić information content (AvgIpc) is 2.26. The van der Waals surface area contributed by atoms with Gasteiger partial charge in [0.15, 0.2) is 5.78 Å². The lowest BCUT2D eigenvalue weighted by atomic mass is 10.1. The van der Waals surface area contributed by atoms with Crippen molar-refractivity contribution in [1.82, 2.24) is 0 Å². The summed E-state index contributed by atoms with van der Waals surface area (Å²) < 4.78 is 0. The second-order valence-electron chi connectivity index (χ2n) is 3.55. The van der Waals surface area contributed by atoms with E-state index in [1.807, 2.05) is 24.3 Å². The quantitative estimate of drug-likeness (QED) is 0.672. The Bertz CT molecular complexity index is 524. The third kappa shape index (κ3) is 2.32. The fraction of sp³-hybridized carbons (Fsp3) is 0.0714. The number of benzene rings is 2. The van der Waals surface area contributed by atoms with Crippen LogP contribution in [-0.4, -0.2) is 5.78 Å². The molecule has 74 valence electrons. The van der Waals surface area contributed by atoms with Gasteiger partial charge < -0.3 is 0 Å². The normalized spacial score (nSPS) is 11.0. The van der Waals surface area contributed by atoms with E-state index in [2.05, 4.69) is 24.3 Å². The summed E-state index contributed by atoms with van der Waals surface area (Å²) in [5.74, 6) is 0.0724. The highest BCUT2D eigenvalue weighted by atomic mass is 16.1. The largest absolute Gasteiger partial charge is 0.295 e. The summed E-state index contributed by atoms with van der Waals surface area (Å²) in [5.41, 5.74) is 1.06. The van der Waals surface area contributed by atoms with E-state index in [-0.39, 0.29) is 5.78 Å². The predicted octanol–water partition coefficient (Wildman–Crippen LogP) is 3.44. The number of fused-ring (bicyclic) bond motifs is 1. The third-order valence-corrected chi connectivity index (χ3v) is 2.28. The van der Waals surface area contributed by atoms with Crippen LogP contribution in [0.5, 0.6) is 0 Å². The Kier molecular flexibility index (Phi) is 2.64. The minimum atomic E-state index is 0.0724. The highest BCUT2D eigenvalue weighted by Crippen LogP contribution is 2.16. The molecule has 0 aliphatic heterocycles. The number of allylic oxidation sites excluding steroid dienone is 1. The van der Waals surface area contributed by atoms with Gasteiger partial charge in [0.1, 0.15) is 0 Å². The molecule has 2 aromatic carbocycles. The zero-order chi connectivity index (χ0) is 10.7. The summed E-state index contributed by atoms with van der Waals surface area (Å²) in [4.78, 5) is 10.8. The molecule has 0 bridgehead atoms. The maximum absolute atomic E-state index is 10.8. The van der Waals surface area contributed by atoms with E-state index in [0.717, 1.165) is 5.56 Å². The second kappa shape index (κ2) is 4.09. The van der Waals surface area contributed by atoms with Gasteiger partial charge in [0.2, 0.25) is 0 Å². The minimum absolute atomic E-state index is 0.0724. The summed E-state index contributed by atoms with van der Waals surface area (Å²) >= 11 is 0. The second-order valence-corrected chi connectivity index (χ2v) is 3.55. The first-order valence-corrected chi connectivity index (χ1v) is 4.93. The van der Waals surface area contributed by atoms with Crippen molar-refractivity contribution in [2.75, 3.05) is 0 Å². The Morgan fingerprint density at radius 3 is 2.53 bits per heavy atom. The zero-order valence-corrected chi connectivity index (χ0v) is 8.60. The van der Waals surface area contributed by atoms with Crippen LogP contribution in [0, 0.1) is 0 Å². The summed E-state index contributed by atoms with van der Waals surface area (Å²) in [6.07, 6.45) is 3.43. The number of carbonyl (C=O) groups excluding carboxylic acids is 1. The van der Waals surface area contributed by atoms with Crippen LogP contribution in [0.2, 0.25) is 0 Å². The van der Waals surface area contributed by atoms with E-state index in [1.54, 1.807) is 13.0 Å². The molecule has 2 aromatic rings. The molecule has 0 aliphatic rings. The Morgan fingerprint density at radius 2 is 1.80 bits per heavy atom. The van der Waals surface area contributed by atoms with Gasteiger partial charge in [0, 0.05) is 0 Å². The maximum Gasteiger partial charge on any atom is 0.152 e. The van der Waals surface area contributed by atoms with Crippen LogP contribution in [0.15, 0.2) is 48.5 Å². The third-order valence-electron chi connectivity index (χ3n) is 2.28. The molecule has 0 aromatic heterocycles. The molecule has 0 saturated carbocycles. The summed E-state index contributed by atoms with van der Waals surface area (Å²) in [5, 5.41) is 2.42. The monoisotopic (exact) mass is 196 g/mol. The average molecular weight is 196 g/mol. The van der Waals surface area contributed by atoms with Gasteiger partial charge in [-0.3, -0.25) is 4.79 Å². The molecule has 0 amide bonds. The fourth-order valence-electron chi connectivity index (χ4n) is 1.53. The molecule has 0 fully saturated rings. The lowest BCUT2D eigenvalue weighted by molar-refractivity contribution is -0.112. The van der Waals surface area contributed by atoms with Gasteiger partial charge in [-0.05, 0) is 35.4 Å². The van der Waals surface area contributed by atoms with Gasteiger partial charge in [-0.25, -0.2) is 0 Å². The lowest BCUT2D eigenvalue weighted by Crippen LogP contribution is -1.80. The van der Waals surface area contributed by atoms with E-state index in [9.17, 15) is 4.79 Å². The first-order chi connectivity index (χ1) is 7.25. The Morgan fingerprint density at radius 1 is 1.07 bits per heavy atom. The molecule has 0 heterocycles. The number of carbonyl (C=O) groups is 1. The molecule has 2 rings (SSSR count). The van der Waals surface area contributed by atoms with Gasteiger partial charge in [-0.1, -0.05) is 42.5 Å². The molecular formula is C14H12O. The van der Waals surface area contributed by atoms with Gasteiger partial charge in [0.25, 0.3) is 0 Å². The molecule has 1 nitrogen and oxygen atoms in total. The van der Waals surface area contributed by atoms with E-state index in [4.69, 9.17) is 0 Å². The van der Waals surface area contributed by atoms with Crippen LogP contribution in [0.3, 0.4) is 0 Å². The molecule has 15 heavy (non-hydrogen) atoms. The van der Waals surface area contributed by atoms with E-state index in [0.29, 0.717) is 0 Å². The maximum atomic E-state index is 10.8. The van der Waals surface area contributed by atoms with Crippen molar-refractivity contribution in [1.29, 1.82) is 0 Å². The van der Waals surface area contributed by atoms with Gasteiger partial charge in [-0.2, -0.15) is 0 Å². The molecule has 1 heteroatoms. The lowest BCUT2D eigenvalue weighted by Gasteiger charge is -1.98. The van der Waals surface area contributed by atoms with Crippen LogP contribution in [0.4, 0.5) is 0 Å². The number of rotatable bonds is 2. The molecule has 0 saturated heterocycles. The topological polar surface area (TPSA) is 17.1 Å². The fourth-order valence-corrected chi connectivity index (χ4v) is 1.53. The minimum Gasteiger partial charge on any atom is -0.295 e. The summed E-state index contributed by atoms with van der Waals surface area (Å²) in [6.45, 7) is 1.55. The molecule has 0 atom stereocenters.